The number of nitrogens with one attached hydrogen (secondary N) is 1. The number of nitrogens with zero attached hydrogens (tertiary/aromatic N) is 4. The van der Waals surface area contributed by atoms with Gasteiger partial charge in [-0.3, -0.25) is 4.79 Å². The molecular formula is C19H24FN5O3S. The molecule has 2 aromatic rings. The molecule has 0 spiro atoms. The molecular weight excluding hydrogens is 397 g/mol. The summed E-state index contributed by atoms with van der Waals surface area (Å²) in [4.78, 5) is 22.1. The second-order valence-electron chi connectivity index (χ2n) is 6.96. The van der Waals surface area contributed by atoms with Gasteiger partial charge in [0.15, 0.2) is 0 Å². The Morgan fingerprint density at radius 2 is 2.00 bits per heavy atom. The standard InChI is InChI=1S/C19H24FN5O3S/c1-13(26)24(3)12-15-11-18(21-2)23-19(22-15)17-5-4-10-25(17)29(27,28)16-8-6-14(20)7-9-16/h6-9,11,17H,4-5,10,12H2,1-3H3,(H,21,22,23)/t17-/m1/s1. The van der Waals surface area contributed by atoms with Crippen LogP contribution in [0.2, 0.25) is 0 Å². The van der Waals surface area contributed by atoms with E-state index in [1.807, 2.05) is 0 Å². The number of rotatable bonds is 6. The molecule has 10 heteroatoms. The highest BCUT2D eigenvalue weighted by Crippen LogP contribution is 2.35. The average molecular weight is 421 g/mol. The molecule has 1 aromatic heterocycles. The van der Waals surface area contributed by atoms with Crippen LogP contribution in [-0.2, 0) is 21.4 Å². The van der Waals surface area contributed by atoms with Crippen molar-refractivity contribution in [3.63, 3.8) is 0 Å². The number of carbonyl (C=O) groups is 1. The topological polar surface area (TPSA) is 95.5 Å². The third kappa shape index (κ3) is 4.54. The Hall–Kier alpha value is -2.59. The molecule has 0 saturated carbocycles. The van der Waals surface area contributed by atoms with Gasteiger partial charge in [-0.15, -0.1) is 0 Å². The van der Waals surface area contributed by atoms with E-state index in [1.54, 1.807) is 20.2 Å². The van der Waals surface area contributed by atoms with Crippen LogP contribution in [0.25, 0.3) is 0 Å². The summed E-state index contributed by atoms with van der Waals surface area (Å²) in [5, 5.41) is 2.96. The van der Waals surface area contributed by atoms with Gasteiger partial charge in [-0.2, -0.15) is 4.31 Å². The first-order chi connectivity index (χ1) is 13.7. The summed E-state index contributed by atoms with van der Waals surface area (Å²) < 4.78 is 40.8. The zero-order valence-electron chi connectivity index (χ0n) is 16.6. The summed E-state index contributed by atoms with van der Waals surface area (Å²) in [5.41, 5.74) is 0.614. The van der Waals surface area contributed by atoms with Crippen molar-refractivity contribution < 1.29 is 17.6 Å². The summed E-state index contributed by atoms with van der Waals surface area (Å²) in [6, 6.07) is 5.99. The second kappa shape index (κ2) is 8.42. The first-order valence-corrected chi connectivity index (χ1v) is 10.7. The maximum absolute atomic E-state index is 13.2. The van der Waals surface area contributed by atoms with Crippen LogP contribution in [0, 0.1) is 5.82 Å². The minimum atomic E-state index is -3.82. The molecule has 1 N–H and O–H groups in total. The van der Waals surface area contributed by atoms with Crippen LogP contribution in [0.1, 0.15) is 37.3 Å². The highest BCUT2D eigenvalue weighted by Gasteiger charge is 2.38. The molecule has 1 amide bonds. The molecule has 0 bridgehead atoms. The quantitative estimate of drug-likeness (QED) is 0.768. The third-order valence-corrected chi connectivity index (χ3v) is 6.83. The summed E-state index contributed by atoms with van der Waals surface area (Å²) in [6.45, 7) is 2.09. The monoisotopic (exact) mass is 421 g/mol. The van der Waals surface area contributed by atoms with E-state index in [4.69, 9.17) is 0 Å². The lowest BCUT2D eigenvalue weighted by Crippen LogP contribution is -2.32. The number of sulfonamides is 1. The fourth-order valence-corrected chi connectivity index (χ4v) is 4.91. The van der Waals surface area contributed by atoms with Gasteiger partial charge in [0.05, 0.1) is 23.2 Å². The predicted molar refractivity (Wildman–Crippen MR) is 106 cm³/mol. The number of hydrogen-bond acceptors (Lipinski definition) is 6. The van der Waals surface area contributed by atoms with Crippen LogP contribution >= 0.6 is 0 Å². The average Bonchev–Trinajstić information content (AvgIpc) is 3.18. The van der Waals surface area contributed by atoms with E-state index in [1.165, 1.54) is 28.3 Å². The van der Waals surface area contributed by atoms with E-state index in [0.717, 1.165) is 12.1 Å². The fraction of sp³-hybridized carbons (Fsp3) is 0.421. The van der Waals surface area contributed by atoms with Crippen molar-refractivity contribution in [2.45, 2.75) is 37.2 Å². The zero-order chi connectivity index (χ0) is 21.2. The molecule has 1 aromatic carbocycles. The number of halogens is 1. The van der Waals surface area contributed by atoms with E-state index in [-0.39, 0.29) is 17.3 Å². The molecule has 2 heterocycles. The number of hydrogen-bond donors (Lipinski definition) is 1. The van der Waals surface area contributed by atoms with Crippen molar-refractivity contribution in [3.8, 4) is 0 Å². The minimum absolute atomic E-state index is 0.0344. The smallest absolute Gasteiger partial charge is 0.243 e. The van der Waals surface area contributed by atoms with Crippen LogP contribution in [0.3, 0.4) is 0 Å². The Morgan fingerprint density at radius 3 is 2.62 bits per heavy atom. The Labute approximate surface area is 169 Å². The van der Waals surface area contributed by atoms with Gasteiger partial charge in [0, 0.05) is 33.6 Å². The van der Waals surface area contributed by atoms with Crippen LogP contribution in [0.15, 0.2) is 35.2 Å². The molecule has 0 radical (unpaired) electrons. The van der Waals surface area contributed by atoms with Crippen molar-refractivity contribution in [3.05, 3.63) is 47.7 Å². The maximum atomic E-state index is 13.2. The van der Waals surface area contributed by atoms with Gasteiger partial charge in [-0.25, -0.2) is 22.8 Å². The summed E-state index contributed by atoms with van der Waals surface area (Å²) in [7, 11) is -0.435. The third-order valence-electron chi connectivity index (χ3n) is 4.91. The van der Waals surface area contributed by atoms with E-state index in [9.17, 15) is 17.6 Å². The van der Waals surface area contributed by atoms with Crippen molar-refractivity contribution >= 4 is 21.7 Å². The largest absolute Gasteiger partial charge is 0.373 e. The van der Waals surface area contributed by atoms with Gasteiger partial charge in [0.25, 0.3) is 0 Å². The van der Waals surface area contributed by atoms with Gasteiger partial charge >= 0.3 is 0 Å². The molecule has 156 valence electrons. The molecule has 1 atom stereocenters. The molecule has 29 heavy (non-hydrogen) atoms. The summed E-state index contributed by atoms with van der Waals surface area (Å²) in [5.74, 6) is 0.337. The number of anilines is 1. The fourth-order valence-electron chi connectivity index (χ4n) is 3.26. The van der Waals surface area contributed by atoms with Crippen molar-refractivity contribution in [1.29, 1.82) is 0 Å². The van der Waals surface area contributed by atoms with E-state index >= 15 is 0 Å². The molecule has 8 nitrogen and oxygen atoms in total. The van der Waals surface area contributed by atoms with Crippen molar-refractivity contribution in [2.75, 3.05) is 26.0 Å². The highest BCUT2D eigenvalue weighted by atomic mass is 32.2. The SMILES string of the molecule is CNc1cc(CN(C)C(C)=O)nc([C@H]2CCCN2S(=O)(=O)c2ccc(F)cc2)n1. The maximum Gasteiger partial charge on any atom is 0.243 e. The zero-order valence-corrected chi connectivity index (χ0v) is 17.4. The summed E-state index contributed by atoms with van der Waals surface area (Å²) in [6.07, 6.45) is 1.25. The van der Waals surface area contributed by atoms with Crippen LogP contribution in [-0.4, -0.2) is 54.1 Å². The van der Waals surface area contributed by atoms with Gasteiger partial charge in [-0.05, 0) is 37.1 Å². The Bertz CT molecular complexity index is 997. The van der Waals surface area contributed by atoms with Crippen molar-refractivity contribution in [2.24, 2.45) is 0 Å². The van der Waals surface area contributed by atoms with E-state index in [0.29, 0.717) is 36.7 Å². The van der Waals surface area contributed by atoms with Gasteiger partial charge in [0.1, 0.15) is 17.5 Å². The van der Waals surface area contributed by atoms with Gasteiger partial charge < -0.3 is 10.2 Å². The molecule has 1 fully saturated rings. The highest BCUT2D eigenvalue weighted by molar-refractivity contribution is 7.89. The van der Waals surface area contributed by atoms with Crippen LogP contribution in [0.5, 0.6) is 0 Å². The lowest BCUT2D eigenvalue weighted by molar-refractivity contribution is -0.128. The lowest BCUT2D eigenvalue weighted by Gasteiger charge is -2.24. The van der Waals surface area contributed by atoms with Crippen LogP contribution < -0.4 is 5.32 Å². The number of aromatic nitrogens is 2. The van der Waals surface area contributed by atoms with E-state index < -0.39 is 21.9 Å². The normalized spacial score (nSPS) is 17.3. The number of benzene rings is 1. The first kappa shape index (κ1) is 21.1. The Morgan fingerprint density at radius 1 is 1.31 bits per heavy atom. The molecule has 0 unspecified atom stereocenters. The number of carbonyl (C=O) groups excluding carboxylic acids is 1. The van der Waals surface area contributed by atoms with Gasteiger partial charge in [-0.1, -0.05) is 0 Å². The van der Waals surface area contributed by atoms with Crippen molar-refractivity contribution in [1.82, 2.24) is 19.2 Å². The van der Waals surface area contributed by atoms with Crippen LogP contribution in [0.4, 0.5) is 10.2 Å². The minimum Gasteiger partial charge on any atom is -0.373 e. The molecule has 1 aliphatic rings. The Kier molecular flexibility index (Phi) is 6.13. The molecule has 0 aliphatic carbocycles. The first-order valence-electron chi connectivity index (χ1n) is 9.27. The predicted octanol–water partition coefficient (Wildman–Crippen LogP) is 2.16. The molecule has 1 aliphatic heterocycles. The lowest BCUT2D eigenvalue weighted by atomic mass is 10.2. The van der Waals surface area contributed by atoms with E-state index in [2.05, 4.69) is 15.3 Å². The molecule has 3 rings (SSSR count). The van der Waals surface area contributed by atoms with Gasteiger partial charge in [0.2, 0.25) is 15.9 Å². The Balaban J connectivity index is 1.96. The molecule has 1 saturated heterocycles. The second-order valence-corrected chi connectivity index (χ2v) is 8.85. The summed E-state index contributed by atoms with van der Waals surface area (Å²) >= 11 is 0. The number of amides is 1.